The monoisotopic (exact) mass is 257 g/mol. The van der Waals surface area contributed by atoms with Crippen LogP contribution in [0.15, 0.2) is 24.3 Å². The molecule has 76 valence electrons. The molecule has 0 aliphatic carbocycles. The summed E-state index contributed by atoms with van der Waals surface area (Å²) in [6, 6.07) is 7.70. The number of rotatable bonds is 2. The lowest BCUT2D eigenvalue weighted by Gasteiger charge is -2.15. The Kier molecular flexibility index (Phi) is 3.95. The lowest BCUT2D eigenvalue weighted by Crippen LogP contribution is -2.25. The first-order valence-corrected chi connectivity index (χ1v) is 5.27. The molecular weight excluding hydrogens is 246 g/mol. The predicted octanol–water partition coefficient (Wildman–Crippen LogP) is 2.78. The number of amides is 1. The molecule has 0 fully saturated rings. The van der Waals surface area contributed by atoms with Crippen molar-refractivity contribution in [2.75, 3.05) is 19.1 Å². The fourth-order valence-corrected chi connectivity index (χ4v) is 1.44. The highest BCUT2D eigenvalue weighted by molar-refractivity contribution is 9.08. The Balaban J connectivity index is 2.89. The van der Waals surface area contributed by atoms with Crippen molar-refractivity contribution in [1.29, 1.82) is 0 Å². The van der Waals surface area contributed by atoms with Crippen LogP contribution in [0.25, 0.3) is 0 Å². The van der Waals surface area contributed by atoms with Crippen molar-refractivity contribution in [3.8, 4) is 0 Å². The maximum absolute atomic E-state index is 11.2. The number of hydrogen-bond acceptors (Lipinski definition) is 2. The zero-order chi connectivity index (χ0) is 10.6. The fraction of sp³-hybridized carbons (Fsp3) is 0.300. The zero-order valence-electron chi connectivity index (χ0n) is 8.16. The number of alkyl halides is 1. The van der Waals surface area contributed by atoms with Gasteiger partial charge < -0.3 is 4.74 Å². The summed E-state index contributed by atoms with van der Waals surface area (Å²) >= 11 is 3.36. The normalized spacial score (nSPS) is 9.64. The number of carbonyl (C=O) groups excluding carboxylic acids is 1. The van der Waals surface area contributed by atoms with Crippen LogP contribution in [0.3, 0.4) is 0 Å². The fourth-order valence-electron chi connectivity index (χ4n) is 1.09. The Morgan fingerprint density at radius 1 is 1.57 bits per heavy atom. The van der Waals surface area contributed by atoms with Crippen LogP contribution < -0.4 is 4.90 Å². The molecule has 1 rings (SSSR count). The van der Waals surface area contributed by atoms with Crippen molar-refractivity contribution in [2.24, 2.45) is 0 Å². The number of nitrogens with zero attached hydrogens (tertiary/aromatic N) is 1. The van der Waals surface area contributed by atoms with E-state index in [0.29, 0.717) is 0 Å². The molecule has 0 aromatic heterocycles. The molecule has 0 radical (unpaired) electrons. The van der Waals surface area contributed by atoms with E-state index in [4.69, 9.17) is 0 Å². The molecule has 0 aliphatic rings. The Hall–Kier alpha value is -1.03. The van der Waals surface area contributed by atoms with E-state index in [9.17, 15) is 4.79 Å². The molecule has 3 nitrogen and oxygen atoms in total. The molecule has 0 unspecified atom stereocenters. The van der Waals surface area contributed by atoms with Crippen molar-refractivity contribution in [1.82, 2.24) is 0 Å². The molecule has 1 aromatic carbocycles. The number of anilines is 1. The quantitative estimate of drug-likeness (QED) is 0.763. The molecule has 14 heavy (non-hydrogen) atoms. The van der Waals surface area contributed by atoms with E-state index < -0.39 is 0 Å². The van der Waals surface area contributed by atoms with Gasteiger partial charge in [0.05, 0.1) is 7.11 Å². The van der Waals surface area contributed by atoms with E-state index in [0.717, 1.165) is 16.6 Å². The second kappa shape index (κ2) is 5.00. The minimum atomic E-state index is -0.364. The number of ether oxygens (including phenoxy) is 1. The molecule has 0 saturated heterocycles. The molecule has 0 saturated carbocycles. The molecule has 1 amide bonds. The van der Waals surface area contributed by atoms with E-state index in [2.05, 4.69) is 20.7 Å². The minimum Gasteiger partial charge on any atom is -0.452 e. The van der Waals surface area contributed by atoms with Crippen molar-refractivity contribution in [3.05, 3.63) is 29.8 Å². The third-order valence-corrected chi connectivity index (χ3v) is 2.55. The van der Waals surface area contributed by atoms with Gasteiger partial charge in [-0.1, -0.05) is 28.1 Å². The smallest absolute Gasteiger partial charge is 0.413 e. The average molecular weight is 258 g/mol. The molecular formula is C10H12BrNO2. The first-order valence-electron chi connectivity index (χ1n) is 4.15. The summed E-state index contributed by atoms with van der Waals surface area (Å²) in [5, 5.41) is 0.774. The van der Waals surface area contributed by atoms with Gasteiger partial charge in [0.1, 0.15) is 0 Å². The van der Waals surface area contributed by atoms with E-state index in [-0.39, 0.29) is 6.09 Å². The summed E-state index contributed by atoms with van der Waals surface area (Å²) in [5.41, 5.74) is 1.95. The lowest BCUT2D eigenvalue weighted by molar-refractivity contribution is 0.180. The first kappa shape index (κ1) is 11.0. The molecule has 4 heteroatoms. The molecule has 0 aliphatic heterocycles. The van der Waals surface area contributed by atoms with Crippen molar-refractivity contribution in [2.45, 2.75) is 5.33 Å². The Labute approximate surface area is 91.8 Å². The summed E-state index contributed by atoms with van der Waals surface area (Å²) in [6.45, 7) is 0. The average Bonchev–Trinajstić information content (AvgIpc) is 2.27. The van der Waals surface area contributed by atoms with Crippen LogP contribution in [0, 0.1) is 0 Å². The van der Waals surface area contributed by atoms with E-state index >= 15 is 0 Å². The van der Waals surface area contributed by atoms with Crippen LogP contribution in [-0.4, -0.2) is 20.3 Å². The molecule has 0 bridgehead atoms. The second-order valence-electron chi connectivity index (χ2n) is 2.83. The van der Waals surface area contributed by atoms with E-state index in [1.165, 1.54) is 12.0 Å². The minimum absolute atomic E-state index is 0.364. The summed E-state index contributed by atoms with van der Waals surface area (Å²) in [4.78, 5) is 12.7. The molecule has 0 atom stereocenters. The van der Waals surface area contributed by atoms with Crippen LogP contribution >= 0.6 is 15.9 Å². The topological polar surface area (TPSA) is 29.5 Å². The summed E-state index contributed by atoms with van der Waals surface area (Å²) in [5.74, 6) is 0. The number of benzene rings is 1. The molecule has 0 spiro atoms. The third kappa shape index (κ3) is 2.48. The number of methoxy groups -OCH3 is 1. The van der Waals surface area contributed by atoms with Crippen LogP contribution in [0.4, 0.5) is 10.5 Å². The van der Waals surface area contributed by atoms with Crippen LogP contribution in [0.5, 0.6) is 0 Å². The van der Waals surface area contributed by atoms with Crippen LogP contribution in [-0.2, 0) is 10.1 Å². The van der Waals surface area contributed by atoms with E-state index in [1.807, 2.05) is 24.3 Å². The Morgan fingerprint density at radius 2 is 2.29 bits per heavy atom. The van der Waals surface area contributed by atoms with E-state index in [1.54, 1.807) is 7.05 Å². The van der Waals surface area contributed by atoms with Gasteiger partial charge in [0.25, 0.3) is 0 Å². The number of carbonyl (C=O) groups is 1. The van der Waals surface area contributed by atoms with Crippen molar-refractivity contribution in [3.63, 3.8) is 0 Å². The highest BCUT2D eigenvalue weighted by Gasteiger charge is 2.10. The molecule has 0 heterocycles. The van der Waals surface area contributed by atoms with Crippen LogP contribution in [0.2, 0.25) is 0 Å². The van der Waals surface area contributed by atoms with Gasteiger partial charge in [0.2, 0.25) is 0 Å². The largest absolute Gasteiger partial charge is 0.452 e. The van der Waals surface area contributed by atoms with Gasteiger partial charge in [0, 0.05) is 18.1 Å². The zero-order valence-corrected chi connectivity index (χ0v) is 9.74. The van der Waals surface area contributed by atoms with Gasteiger partial charge in [-0.25, -0.2) is 4.79 Å². The highest BCUT2D eigenvalue weighted by atomic mass is 79.9. The van der Waals surface area contributed by atoms with Gasteiger partial charge in [-0.05, 0) is 17.7 Å². The van der Waals surface area contributed by atoms with Gasteiger partial charge in [-0.15, -0.1) is 0 Å². The maximum atomic E-state index is 11.2. The standard InChI is InChI=1S/C10H12BrNO2/c1-12(10(13)14-2)9-5-3-4-8(6-9)7-11/h3-6H,7H2,1-2H3. The Morgan fingerprint density at radius 3 is 2.86 bits per heavy atom. The Bertz CT molecular complexity index is 328. The van der Waals surface area contributed by atoms with Crippen molar-refractivity contribution >= 4 is 27.7 Å². The number of halogens is 1. The third-order valence-electron chi connectivity index (χ3n) is 1.90. The maximum Gasteiger partial charge on any atom is 0.413 e. The summed E-state index contributed by atoms with van der Waals surface area (Å²) in [6.07, 6.45) is -0.364. The van der Waals surface area contributed by atoms with Crippen molar-refractivity contribution < 1.29 is 9.53 Å². The molecule has 1 aromatic rings. The molecule has 0 N–H and O–H groups in total. The van der Waals surface area contributed by atoms with Crippen LogP contribution in [0.1, 0.15) is 5.56 Å². The van der Waals surface area contributed by atoms with Gasteiger partial charge in [0.15, 0.2) is 0 Å². The number of hydrogen-bond donors (Lipinski definition) is 0. The highest BCUT2D eigenvalue weighted by Crippen LogP contribution is 2.17. The van der Waals surface area contributed by atoms with Gasteiger partial charge in [-0.3, -0.25) is 4.90 Å². The summed E-state index contributed by atoms with van der Waals surface area (Å²) in [7, 11) is 3.05. The predicted molar refractivity (Wildman–Crippen MR) is 59.9 cm³/mol. The summed E-state index contributed by atoms with van der Waals surface area (Å²) < 4.78 is 4.62. The van der Waals surface area contributed by atoms with Gasteiger partial charge >= 0.3 is 6.09 Å². The first-order chi connectivity index (χ1) is 6.69. The van der Waals surface area contributed by atoms with Gasteiger partial charge in [-0.2, -0.15) is 0 Å². The second-order valence-corrected chi connectivity index (χ2v) is 3.39. The SMILES string of the molecule is COC(=O)N(C)c1cccc(CBr)c1. The lowest BCUT2D eigenvalue weighted by atomic mass is 10.2.